The molecule has 1 fully saturated rings. The highest BCUT2D eigenvalue weighted by molar-refractivity contribution is 5.75. The molecule has 1 aliphatic rings. The molecule has 1 aromatic carbocycles. The number of hydrogen-bond donors (Lipinski definition) is 0. The van der Waals surface area contributed by atoms with Crippen LogP contribution in [0.25, 0.3) is 11.0 Å². The summed E-state index contributed by atoms with van der Waals surface area (Å²) >= 11 is 0. The number of para-hydroxylation sites is 2. The van der Waals surface area contributed by atoms with E-state index in [0.717, 1.165) is 43.0 Å². The van der Waals surface area contributed by atoms with Crippen LogP contribution in [0.5, 0.6) is 0 Å². The fraction of sp³-hybridized carbons (Fsp3) is 0.556. The summed E-state index contributed by atoms with van der Waals surface area (Å²) in [7, 11) is 0. The third-order valence-corrected chi connectivity index (χ3v) is 4.31. The average Bonchev–Trinajstić information content (AvgIpc) is 2.52. The van der Waals surface area contributed by atoms with Crippen LogP contribution in [0.15, 0.2) is 30.5 Å². The SMILES string of the molecule is CC(C)(C)CCN1CCN(c2cnc3ccccc3n2)CC1. The zero-order valence-electron chi connectivity index (χ0n) is 13.9. The second kappa shape index (κ2) is 6.21. The standard InChI is InChI=1S/C18H26N4/c1-18(2,3)8-9-21-10-12-22(13-11-21)17-14-19-15-6-4-5-7-16(15)20-17/h4-7,14H,8-13H2,1-3H3. The van der Waals surface area contributed by atoms with Crippen molar-refractivity contribution in [3.8, 4) is 0 Å². The first-order valence-corrected chi connectivity index (χ1v) is 8.20. The summed E-state index contributed by atoms with van der Waals surface area (Å²) in [6, 6.07) is 8.07. The van der Waals surface area contributed by atoms with Crippen molar-refractivity contribution in [2.75, 3.05) is 37.6 Å². The van der Waals surface area contributed by atoms with Gasteiger partial charge in [0, 0.05) is 26.2 Å². The van der Waals surface area contributed by atoms with Gasteiger partial charge in [-0.15, -0.1) is 0 Å². The van der Waals surface area contributed by atoms with Crippen molar-refractivity contribution >= 4 is 16.9 Å². The summed E-state index contributed by atoms with van der Waals surface area (Å²) in [6.07, 6.45) is 3.16. The Morgan fingerprint density at radius 2 is 1.68 bits per heavy atom. The van der Waals surface area contributed by atoms with Gasteiger partial charge in [0.1, 0.15) is 5.82 Å². The average molecular weight is 298 g/mol. The summed E-state index contributed by atoms with van der Waals surface area (Å²) in [5, 5.41) is 0. The molecule has 1 aromatic heterocycles. The van der Waals surface area contributed by atoms with E-state index in [1.54, 1.807) is 0 Å². The van der Waals surface area contributed by atoms with Crippen LogP contribution in [0.1, 0.15) is 27.2 Å². The Morgan fingerprint density at radius 1 is 1.00 bits per heavy atom. The first kappa shape index (κ1) is 15.2. The Kier molecular flexibility index (Phi) is 4.30. The Bertz CT molecular complexity index is 624. The Labute approximate surface area is 133 Å². The van der Waals surface area contributed by atoms with Crippen LogP contribution in [-0.4, -0.2) is 47.6 Å². The lowest BCUT2D eigenvalue weighted by Gasteiger charge is -2.36. The molecule has 2 heterocycles. The van der Waals surface area contributed by atoms with Crippen molar-refractivity contribution in [1.82, 2.24) is 14.9 Å². The second-order valence-corrected chi connectivity index (χ2v) is 7.36. The van der Waals surface area contributed by atoms with Crippen LogP contribution in [0.2, 0.25) is 0 Å². The van der Waals surface area contributed by atoms with Gasteiger partial charge in [-0.05, 0) is 30.5 Å². The van der Waals surface area contributed by atoms with Crippen molar-refractivity contribution in [1.29, 1.82) is 0 Å². The molecule has 0 saturated carbocycles. The molecule has 0 atom stereocenters. The smallest absolute Gasteiger partial charge is 0.147 e. The summed E-state index contributed by atoms with van der Waals surface area (Å²) in [5.41, 5.74) is 2.37. The van der Waals surface area contributed by atoms with E-state index in [1.165, 1.54) is 13.0 Å². The molecular weight excluding hydrogens is 272 g/mol. The van der Waals surface area contributed by atoms with Gasteiger partial charge in [-0.3, -0.25) is 9.88 Å². The quantitative estimate of drug-likeness (QED) is 0.871. The lowest BCUT2D eigenvalue weighted by Crippen LogP contribution is -2.47. The molecule has 0 N–H and O–H groups in total. The molecule has 118 valence electrons. The third kappa shape index (κ3) is 3.74. The third-order valence-electron chi connectivity index (χ3n) is 4.31. The summed E-state index contributed by atoms with van der Waals surface area (Å²) in [4.78, 5) is 14.2. The number of nitrogens with zero attached hydrogens (tertiary/aromatic N) is 4. The molecule has 0 aliphatic carbocycles. The highest BCUT2D eigenvalue weighted by atomic mass is 15.3. The molecule has 0 bridgehead atoms. The molecule has 22 heavy (non-hydrogen) atoms. The van der Waals surface area contributed by atoms with Crippen LogP contribution in [-0.2, 0) is 0 Å². The van der Waals surface area contributed by atoms with Gasteiger partial charge in [-0.1, -0.05) is 32.9 Å². The zero-order valence-corrected chi connectivity index (χ0v) is 13.9. The van der Waals surface area contributed by atoms with Crippen molar-refractivity contribution in [3.05, 3.63) is 30.5 Å². The molecule has 0 spiro atoms. The highest BCUT2D eigenvalue weighted by Gasteiger charge is 2.20. The number of piperazine rings is 1. The second-order valence-electron chi connectivity index (χ2n) is 7.36. The van der Waals surface area contributed by atoms with Gasteiger partial charge in [0.2, 0.25) is 0 Å². The van der Waals surface area contributed by atoms with E-state index < -0.39 is 0 Å². The van der Waals surface area contributed by atoms with Gasteiger partial charge in [0.25, 0.3) is 0 Å². The molecule has 3 rings (SSSR count). The first-order valence-electron chi connectivity index (χ1n) is 8.20. The first-order chi connectivity index (χ1) is 10.5. The van der Waals surface area contributed by atoms with Crippen LogP contribution in [0.4, 0.5) is 5.82 Å². The fourth-order valence-corrected chi connectivity index (χ4v) is 2.79. The van der Waals surface area contributed by atoms with Gasteiger partial charge in [-0.25, -0.2) is 4.98 Å². The van der Waals surface area contributed by atoms with Crippen molar-refractivity contribution in [2.45, 2.75) is 27.2 Å². The van der Waals surface area contributed by atoms with Crippen molar-refractivity contribution < 1.29 is 0 Å². The van der Waals surface area contributed by atoms with Gasteiger partial charge < -0.3 is 4.90 Å². The number of hydrogen-bond acceptors (Lipinski definition) is 4. The lowest BCUT2D eigenvalue weighted by atomic mass is 9.92. The minimum atomic E-state index is 0.418. The van der Waals surface area contributed by atoms with E-state index in [0.29, 0.717) is 5.41 Å². The monoisotopic (exact) mass is 298 g/mol. The predicted octanol–water partition coefficient (Wildman–Crippen LogP) is 3.19. The van der Waals surface area contributed by atoms with E-state index >= 15 is 0 Å². The van der Waals surface area contributed by atoms with Gasteiger partial charge in [0.15, 0.2) is 0 Å². The predicted molar refractivity (Wildman–Crippen MR) is 92.3 cm³/mol. The highest BCUT2D eigenvalue weighted by Crippen LogP contribution is 2.20. The fourth-order valence-electron chi connectivity index (χ4n) is 2.79. The molecule has 0 amide bonds. The molecule has 4 nitrogen and oxygen atoms in total. The molecular formula is C18H26N4. The summed E-state index contributed by atoms with van der Waals surface area (Å²) < 4.78 is 0. The minimum absolute atomic E-state index is 0.418. The molecule has 0 unspecified atom stereocenters. The lowest BCUT2D eigenvalue weighted by molar-refractivity contribution is 0.217. The van der Waals surface area contributed by atoms with E-state index in [4.69, 9.17) is 4.98 Å². The van der Waals surface area contributed by atoms with Gasteiger partial charge in [-0.2, -0.15) is 0 Å². The van der Waals surface area contributed by atoms with Crippen LogP contribution >= 0.6 is 0 Å². The Hall–Kier alpha value is -1.68. The minimum Gasteiger partial charge on any atom is -0.353 e. The summed E-state index contributed by atoms with van der Waals surface area (Å²) in [6.45, 7) is 12.4. The van der Waals surface area contributed by atoms with E-state index in [2.05, 4.69) is 35.6 Å². The Morgan fingerprint density at radius 3 is 2.36 bits per heavy atom. The number of aromatic nitrogens is 2. The number of anilines is 1. The largest absolute Gasteiger partial charge is 0.353 e. The number of rotatable bonds is 3. The van der Waals surface area contributed by atoms with Crippen LogP contribution in [0.3, 0.4) is 0 Å². The molecule has 1 aliphatic heterocycles. The molecule has 0 radical (unpaired) electrons. The maximum absolute atomic E-state index is 4.75. The maximum atomic E-state index is 4.75. The van der Waals surface area contributed by atoms with Gasteiger partial charge in [0.05, 0.1) is 17.2 Å². The van der Waals surface area contributed by atoms with Crippen LogP contribution in [0, 0.1) is 5.41 Å². The maximum Gasteiger partial charge on any atom is 0.147 e. The summed E-state index contributed by atoms with van der Waals surface area (Å²) in [5.74, 6) is 1.01. The van der Waals surface area contributed by atoms with E-state index in [9.17, 15) is 0 Å². The molecule has 1 saturated heterocycles. The van der Waals surface area contributed by atoms with E-state index in [-0.39, 0.29) is 0 Å². The molecule has 4 heteroatoms. The zero-order chi connectivity index (χ0) is 15.6. The number of fused-ring (bicyclic) bond motifs is 1. The Balaban J connectivity index is 1.60. The normalized spacial score (nSPS) is 17.1. The number of benzene rings is 1. The topological polar surface area (TPSA) is 32.3 Å². The van der Waals surface area contributed by atoms with Gasteiger partial charge >= 0.3 is 0 Å². The van der Waals surface area contributed by atoms with Crippen molar-refractivity contribution in [3.63, 3.8) is 0 Å². The van der Waals surface area contributed by atoms with E-state index in [1.807, 2.05) is 30.5 Å². The molecule has 2 aromatic rings. The van der Waals surface area contributed by atoms with Crippen LogP contribution < -0.4 is 4.90 Å². The van der Waals surface area contributed by atoms with Crippen molar-refractivity contribution in [2.24, 2.45) is 5.41 Å².